The van der Waals surface area contributed by atoms with Gasteiger partial charge in [-0.05, 0) is 43.7 Å². The fourth-order valence-corrected chi connectivity index (χ4v) is 4.77. The lowest BCUT2D eigenvalue weighted by Crippen LogP contribution is -2.55. The SMILES string of the molecule is CC(C)(CNC(=O)CC(c1ccc2c(c1)OCO2)c1c(O)nc2ccccn2c1=O)N1CCOCC1. The first-order chi connectivity index (χ1) is 17.3. The van der Waals surface area contributed by atoms with E-state index in [1.54, 1.807) is 42.6 Å². The summed E-state index contributed by atoms with van der Waals surface area (Å²) in [7, 11) is 0. The van der Waals surface area contributed by atoms with Gasteiger partial charge in [-0.15, -0.1) is 0 Å². The monoisotopic (exact) mass is 494 g/mol. The van der Waals surface area contributed by atoms with Gasteiger partial charge in [-0.3, -0.25) is 18.9 Å². The van der Waals surface area contributed by atoms with Crippen LogP contribution in [0.4, 0.5) is 0 Å². The Labute approximate surface area is 208 Å². The van der Waals surface area contributed by atoms with Gasteiger partial charge in [-0.1, -0.05) is 12.1 Å². The second-order valence-corrected chi connectivity index (χ2v) is 9.64. The van der Waals surface area contributed by atoms with Crippen molar-refractivity contribution in [2.75, 3.05) is 39.6 Å². The molecule has 1 unspecified atom stereocenters. The molecule has 1 amide bonds. The van der Waals surface area contributed by atoms with Crippen LogP contribution in [0, 0.1) is 0 Å². The van der Waals surface area contributed by atoms with Gasteiger partial charge in [-0.2, -0.15) is 4.98 Å². The number of nitrogens with zero attached hydrogens (tertiary/aromatic N) is 3. The van der Waals surface area contributed by atoms with Crippen LogP contribution in [0.25, 0.3) is 5.65 Å². The summed E-state index contributed by atoms with van der Waals surface area (Å²) in [6.07, 6.45) is 1.54. The Balaban J connectivity index is 1.45. The Hall–Kier alpha value is -3.63. The third-order valence-corrected chi connectivity index (χ3v) is 6.87. The van der Waals surface area contributed by atoms with Gasteiger partial charge < -0.3 is 24.6 Å². The molecule has 5 rings (SSSR count). The first-order valence-corrected chi connectivity index (χ1v) is 12.0. The minimum absolute atomic E-state index is 0.0534. The molecule has 1 atom stereocenters. The number of rotatable bonds is 7. The molecule has 2 aliphatic heterocycles. The summed E-state index contributed by atoms with van der Waals surface area (Å²) in [5.41, 5.74) is 0.332. The summed E-state index contributed by atoms with van der Waals surface area (Å²) >= 11 is 0. The Kier molecular flexibility index (Phi) is 6.55. The molecule has 2 aliphatic rings. The van der Waals surface area contributed by atoms with E-state index in [9.17, 15) is 14.7 Å². The maximum Gasteiger partial charge on any atom is 0.265 e. The van der Waals surface area contributed by atoms with Crippen molar-refractivity contribution in [2.24, 2.45) is 0 Å². The second kappa shape index (κ2) is 9.79. The number of aromatic hydroxyl groups is 1. The lowest BCUT2D eigenvalue weighted by Gasteiger charge is -2.40. The van der Waals surface area contributed by atoms with E-state index in [2.05, 4.69) is 29.0 Å². The third-order valence-electron chi connectivity index (χ3n) is 6.87. The largest absolute Gasteiger partial charge is 0.493 e. The van der Waals surface area contributed by atoms with E-state index in [1.165, 1.54) is 4.40 Å². The number of hydrogen-bond acceptors (Lipinski definition) is 8. The van der Waals surface area contributed by atoms with Crippen LogP contribution in [0.3, 0.4) is 0 Å². The Bertz CT molecular complexity index is 1330. The van der Waals surface area contributed by atoms with Gasteiger partial charge in [0.1, 0.15) is 5.65 Å². The van der Waals surface area contributed by atoms with Gasteiger partial charge in [0.05, 0.1) is 18.8 Å². The van der Waals surface area contributed by atoms with Crippen LogP contribution in [0.2, 0.25) is 0 Å². The van der Waals surface area contributed by atoms with Crippen molar-refractivity contribution in [3.8, 4) is 17.4 Å². The van der Waals surface area contributed by atoms with E-state index in [1.807, 2.05) is 0 Å². The molecule has 0 aliphatic carbocycles. The van der Waals surface area contributed by atoms with E-state index in [0.717, 1.165) is 13.1 Å². The van der Waals surface area contributed by atoms with Gasteiger partial charge in [-0.25, -0.2) is 0 Å². The molecule has 0 saturated carbocycles. The van der Waals surface area contributed by atoms with Crippen LogP contribution < -0.4 is 20.3 Å². The first-order valence-electron chi connectivity index (χ1n) is 12.0. The van der Waals surface area contributed by atoms with Crippen molar-refractivity contribution in [3.63, 3.8) is 0 Å². The van der Waals surface area contributed by atoms with E-state index >= 15 is 0 Å². The highest BCUT2D eigenvalue weighted by atomic mass is 16.7. The summed E-state index contributed by atoms with van der Waals surface area (Å²) in [6, 6.07) is 10.4. The van der Waals surface area contributed by atoms with Crippen LogP contribution >= 0.6 is 0 Å². The summed E-state index contributed by atoms with van der Waals surface area (Å²) in [5.74, 6) is -0.263. The minimum Gasteiger partial charge on any atom is -0.493 e. The number of carbonyl (C=O) groups is 1. The molecule has 36 heavy (non-hydrogen) atoms. The normalized spacial score (nSPS) is 16.7. The Morgan fingerprint density at radius 3 is 2.75 bits per heavy atom. The summed E-state index contributed by atoms with van der Waals surface area (Å²) in [5, 5.41) is 13.9. The number of pyridine rings is 1. The van der Waals surface area contributed by atoms with E-state index in [0.29, 0.717) is 42.5 Å². The van der Waals surface area contributed by atoms with Gasteiger partial charge in [0.25, 0.3) is 5.56 Å². The fourth-order valence-electron chi connectivity index (χ4n) is 4.77. The van der Waals surface area contributed by atoms with Crippen molar-refractivity contribution < 1.29 is 24.1 Å². The molecule has 190 valence electrons. The molecule has 0 bridgehead atoms. The van der Waals surface area contributed by atoms with Crippen molar-refractivity contribution in [2.45, 2.75) is 31.7 Å². The zero-order valence-electron chi connectivity index (χ0n) is 20.4. The van der Waals surface area contributed by atoms with Crippen LogP contribution in [0.5, 0.6) is 17.4 Å². The van der Waals surface area contributed by atoms with Crippen LogP contribution in [0.1, 0.15) is 37.3 Å². The number of morpholine rings is 1. The van der Waals surface area contributed by atoms with Crippen molar-refractivity contribution in [3.05, 3.63) is 64.1 Å². The van der Waals surface area contributed by atoms with Crippen molar-refractivity contribution >= 4 is 11.6 Å². The highest BCUT2D eigenvalue weighted by Gasteiger charge is 2.31. The maximum absolute atomic E-state index is 13.5. The van der Waals surface area contributed by atoms with Crippen LogP contribution in [0.15, 0.2) is 47.4 Å². The number of amides is 1. The molecule has 0 radical (unpaired) electrons. The number of ether oxygens (including phenoxy) is 3. The molecule has 1 saturated heterocycles. The number of benzene rings is 1. The Morgan fingerprint density at radius 1 is 1.17 bits per heavy atom. The van der Waals surface area contributed by atoms with E-state index in [4.69, 9.17) is 14.2 Å². The number of aromatic nitrogens is 2. The van der Waals surface area contributed by atoms with Crippen molar-refractivity contribution in [1.82, 2.24) is 19.6 Å². The number of nitrogens with one attached hydrogen (secondary N) is 1. The number of fused-ring (bicyclic) bond motifs is 2. The van der Waals surface area contributed by atoms with E-state index < -0.39 is 17.4 Å². The lowest BCUT2D eigenvalue weighted by molar-refractivity contribution is -0.122. The fraction of sp³-hybridized carbons (Fsp3) is 0.423. The van der Waals surface area contributed by atoms with Crippen LogP contribution in [-0.2, 0) is 9.53 Å². The zero-order valence-corrected chi connectivity index (χ0v) is 20.4. The van der Waals surface area contributed by atoms with Crippen LogP contribution in [-0.4, -0.2) is 70.5 Å². The highest BCUT2D eigenvalue weighted by Crippen LogP contribution is 2.38. The number of hydrogen-bond donors (Lipinski definition) is 2. The molecule has 10 heteroatoms. The minimum atomic E-state index is -0.747. The van der Waals surface area contributed by atoms with Gasteiger partial charge >= 0.3 is 0 Å². The molecule has 3 aromatic rings. The molecule has 2 N–H and O–H groups in total. The summed E-state index contributed by atoms with van der Waals surface area (Å²) in [6.45, 7) is 7.64. The topological polar surface area (TPSA) is 115 Å². The highest BCUT2D eigenvalue weighted by molar-refractivity contribution is 5.78. The van der Waals surface area contributed by atoms with Crippen molar-refractivity contribution in [1.29, 1.82) is 0 Å². The summed E-state index contributed by atoms with van der Waals surface area (Å²) < 4.78 is 17.8. The average molecular weight is 495 g/mol. The molecule has 2 aromatic heterocycles. The predicted molar refractivity (Wildman–Crippen MR) is 132 cm³/mol. The summed E-state index contributed by atoms with van der Waals surface area (Å²) in [4.78, 5) is 33.2. The molecular formula is C26H30N4O6. The smallest absolute Gasteiger partial charge is 0.265 e. The maximum atomic E-state index is 13.5. The average Bonchev–Trinajstić information content (AvgIpc) is 3.35. The predicted octanol–water partition coefficient (Wildman–Crippen LogP) is 1.88. The standard InChI is InChI=1S/C26H30N4O6/c1-26(2,29-9-11-34-12-10-29)15-27-22(31)14-18(17-6-7-19-20(13-17)36-16-35-19)23-24(32)28-21-5-3-4-8-30(21)25(23)33/h3-8,13,18,32H,9-12,14-16H2,1-2H3,(H,27,31). The lowest BCUT2D eigenvalue weighted by atomic mass is 9.88. The molecular weight excluding hydrogens is 464 g/mol. The van der Waals surface area contributed by atoms with Gasteiger partial charge in [0.2, 0.25) is 18.6 Å². The molecule has 1 aromatic carbocycles. The molecule has 0 spiro atoms. The molecule has 1 fully saturated rings. The van der Waals surface area contributed by atoms with Gasteiger partial charge in [0.15, 0.2) is 11.5 Å². The quantitative estimate of drug-likeness (QED) is 0.512. The number of carbonyl (C=O) groups excluding carboxylic acids is 1. The third kappa shape index (κ3) is 4.74. The zero-order chi connectivity index (χ0) is 25.3. The Morgan fingerprint density at radius 2 is 1.94 bits per heavy atom. The molecule has 4 heterocycles. The first kappa shape index (κ1) is 24.1. The van der Waals surface area contributed by atoms with E-state index in [-0.39, 0.29) is 30.2 Å². The van der Waals surface area contributed by atoms with Gasteiger partial charge in [0, 0.05) is 43.7 Å². The molecule has 10 nitrogen and oxygen atoms in total. The second-order valence-electron chi connectivity index (χ2n) is 9.64.